The molecular weight excluding hydrogens is 458 g/mol. The summed E-state index contributed by atoms with van der Waals surface area (Å²) in [5.74, 6) is 0.358. The fourth-order valence-electron chi connectivity index (χ4n) is 3.38. The Kier molecular flexibility index (Phi) is 4.96. The molecule has 8 nitrogen and oxygen atoms in total. The normalized spacial score (nSPS) is 17.0. The Hall–Kier alpha value is -1.92. The molecule has 1 saturated heterocycles. The maximum atomic E-state index is 13.4. The highest BCUT2D eigenvalue weighted by atomic mass is 79.9. The first-order valence-electron chi connectivity index (χ1n) is 8.56. The maximum absolute atomic E-state index is 13.4. The molecule has 3 aromatic rings. The zero-order valence-electron chi connectivity index (χ0n) is 14.8. The van der Waals surface area contributed by atoms with E-state index in [1.54, 1.807) is 0 Å². The lowest BCUT2D eigenvalue weighted by Gasteiger charge is -2.30. The van der Waals surface area contributed by atoms with Gasteiger partial charge in [0.2, 0.25) is 16.0 Å². The van der Waals surface area contributed by atoms with Crippen molar-refractivity contribution in [1.29, 1.82) is 0 Å². The average Bonchev–Trinajstić information content (AvgIpc) is 3.03. The Morgan fingerprint density at radius 2 is 1.93 bits per heavy atom. The Balaban J connectivity index is 1.64. The van der Waals surface area contributed by atoms with Crippen LogP contribution in [0, 0.1) is 0 Å². The van der Waals surface area contributed by atoms with Crippen molar-refractivity contribution in [2.75, 3.05) is 24.7 Å². The van der Waals surface area contributed by atoms with E-state index in [0.29, 0.717) is 47.5 Å². The van der Waals surface area contributed by atoms with Gasteiger partial charge in [-0.15, -0.1) is 0 Å². The molecule has 1 N–H and O–H groups in total. The number of halogens is 3. The molecule has 150 valence electrons. The van der Waals surface area contributed by atoms with Gasteiger partial charge in [-0.05, 0) is 34.8 Å². The fourth-order valence-corrected chi connectivity index (χ4v) is 4.69. The number of piperidine rings is 1. The van der Waals surface area contributed by atoms with Crippen LogP contribution in [0.15, 0.2) is 23.1 Å². The van der Waals surface area contributed by atoms with Crippen molar-refractivity contribution >= 4 is 48.6 Å². The number of nitrogens with one attached hydrogen (secondary N) is 1. The van der Waals surface area contributed by atoms with Crippen molar-refractivity contribution < 1.29 is 17.2 Å². The zero-order chi connectivity index (χ0) is 20.1. The van der Waals surface area contributed by atoms with E-state index in [9.17, 15) is 17.2 Å². The second-order valence-corrected chi connectivity index (χ2v) is 9.49. The lowest BCUT2D eigenvalue weighted by atomic mass is 10.1. The second-order valence-electron chi connectivity index (χ2n) is 6.69. The van der Waals surface area contributed by atoms with Crippen LogP contribution in [0.3, 0.4) is 0 Å². The SMILES string of the molecule is CS(=O)(=O)N1CCC(Nc2ncc3cc(C(F)F)c4ncc(Br)n4c3n2)CC1. The summed E-state index contributed by atoms with van der Waals surface area (Å²) < 4.78 is 53.5. The molecular formula is C16H17BrF2N6O2S. The first kappa shape index (κ1) is 19.4. The molecule has 0 unspecified atom stereocenters. The molecule has 4 heterocycles. The molecule has 1 aliphatic rings. The van der Waals surface area contributed by atoms with E-state index in [1.807, 2.05) is 0 Å². The van der Waals surface area contributed by atoms with Crippen LogP contribution < -0.4 is 5.32 Å². The van der Waals surface area contributed by atoms with Gasteiger partial charge in [0.05, 0.1) is 18.0 Å². The first-order valence-corrected chi connectivity index (χ1v) is 11.2. The van der Waals surface area contributed by atoms with E-state index in [-0.39, 0.29) is 17.3 Å². The zero-order valence-corrected chi connectivity index (χ0v) is 17.2. The number of imidazole rings is 1. The van der Waals surface area contributed by atoms with Gasteiger partial charge in [0.1, 0.15) is 10.3 Å². The van der Waals surface area contributed by atoms with Gasteiger partial charge in [-0.25, -0.2) is 31.5 Å². The summed E-state index contributed by atoms with van der Waals surface area (Å²) >= 11 is 3.33. The number of aromatic nitrogens is 4. The highest BCUT2D eigenvalue weighted by molar-refractivity contribution is 9.10. The number of pyridine rings is 1. The Bertz CT molecular complexity index is 1140. The summed E-state index contributed by atoms with van der Waals surface area (Å²) in [5, 5.41) is 3.69. The molecule has 0 aliphatic carbocycles. The standard InChI is InChI=1S/C16H17BrF2N6O2S/c1-28(26,27)24-4-2-10(3-5-24)22-16-21-7-9-6-11(13(18)19)15-20-8-12(17)25(15)14(9)23-16/h6-8,10,13H,2-5H2,1H3,(H,21,22,23). The molecule has 0 spiro atoms. The molecule has 0 aromatic carbocycles. The molecule has 4 rings (SSSR count). The van der Waals surface area contributed by atoms with Crippen molar-refractivity contribution in [3.05, 3.63) is 28.6 Å². The minimum atomic E-state index is -3.19. The molecule has 0 amide bonds. The second kappa shape index (κ2) is 7.16. The fraction of sp³-hybridized carbons (Fsp3) is 0.438. The third-order valence-electron chi connectivity index (χ3n) is 4.79. The minimum Gasteiger partial charge on any atom is -0.351 e. The largest absolute Gasteiger partial charge is 0.351 e. The van der Waals surface area contributed by atoms with E-state index >= 15 is 0 Å². The van der Waals surface area contributed by atoms with Crippen LogP contribution in [0.2, 0.25) is 0 Å². The summed E-state index contributed by atoms with van der Waals surface area (Å²) in [4.78, 5) is 12.8. The van der Waals surface area contributed by atoms with Gasteiger partial charge in [0, 0.05) is 30.7 Å². The number of nitrogens with zero attached hydrogens (tertiary/aromatic N) is 5. The molecule has 1 fully saturated rings. The smallest absolute Gasteiger partial charge is 0.267 e. The van der Waals surface area contributed by atoms with Crippen LogP contribution in [-0.2, 0) is 10.0 Å². The van der Waals surface area contributed by atoms with Crippen molar-refractivity contribution in [2.45, 2.75) is 25.3 Å². The summed E-state index contributed by atoms with van der Waals surface area (Å²) in [6.45, 7) is 0.859. The topological polar surface area (TPSA) is 92.5 Å². The Morgan fingerprint density at radius 3 is 2.57 bits per heavy atom. The summed E-state index contributed by atoms with van der Waals surface area (Å²) in [6.07, 6.45) is 2.74. The van der Waals surface area contributed by atoms with Crippen molar-refractivity contribution in [2.24, 2.45) is 0 Å². The molecule has 0 bridgehead atoms. The highest BCUT2D eigenvalue weighted by Crippen LogP contribution is 2.30. The highest BCUT2D eigenvalue weighted by Gasteiger charge is 2.25. The maximum Gasteiger partial charge on any atom is 0.267 e. The van der Waals surface area contributed by atoms with Gasteiger partial charge in [0.15, 0.2) is 5.65 Å². The number of sulfonamides is 1. The third kappa shape index (κ3) is 3.55. The van der Waals surface area contributed by atoms with E-state index in [1.165, 1.54) is 33.4 Å². The van der Waals surface area contributed by atoms with Crippen molar-refractivity contribution in [1.82, 2.24) is 23.7 Å². The lowest BCUT2D eigenvalue weighted by Crippen LogP contribution is -2.42. The van der Waals surface area contributed by atoms with Gasteiger partial charge in [-0.2, -0.15) is 4.98 Å². The molecule has 3 aromatic heterocycles. The summed E-state index contributed by atoms with van der Waals surface area (Å²) in [7, 11) is -3.19. The van der Waals surface area contributed by atoms with E-state index in [4.69, 9.17) is 0 Å². The van der Waals surface area contributed by atoms with Gasteiger partial charge < -0.3 is 5.32 Å². The predicted molar refractivity (Wildman–Crippen MR) is 104 cm³/mol. The third-order valence-corrected chi connectivity index (χ3v) is 6.65. The molecule has 0 radical (unpaired) electrons. The number of hydrogen-bond donors (Lipinski definition) is 1. The lowest BCUT2D eigenvalue weighted by molar-refractivity contribution is 0.152. The number of anilines is 1. The first-order chi connectivity index (χ1) is 13.2. The van der Waals surface area contributed by atoms with Crippen LogP contribution in [0.25, 0.3) is 16.7 Å². The number of alkyl halides is 2. The van der Waals surface area contributed by atoms with Crippen LogP contribution in [0.4, 0.5) is 14.7 Å². The van der Waals surface area contributed by atoms with Crippen molar-refractivity contribution in [3.63, 3.8) is 0 Å². The molecule has 12 heteroatoms. The Morgan fingerprint density at radius 1 is 1.21 bits per heavy atom. The molecule has 1 aliphatic heterocycles. The quantitative estimate of drug-likeness (QED) is 0.624. The molecule has 0 atom stereocenters. The minimum absolute atomic E-state index is 0.0255. The molecule has 28 heavy (non-hydrogen) atoms. The number of rotatable bonds is 4. The van der Waals surface area contributed by atoms with Gasteiger partial charge in [-0.3, -0.25) is 4.40 Å². The van der Waals surface area contributed by atoms with Crippen LogP contribution in [0.5, 0.6) is 0 Å². The van der Waals surface area contributed by atoms with E-state index in [2.05, 4.69) is 36.2 Å². The number of hydrogen-bond acceptors (Lipinski definition) is 6. The summed E-state index contributed by atoms with van der Waals surface area (Å²) in [5.41, 5.74) is 0.408. The molecule has 0 saturated carbocycles. The predicted octanol–water partition coefficient (Wildman–Crippen LogP) is 2.81. The van der Waals surface area contributed by atoms with E-state index in [0.717, 1.165) is 0 Å². The van der Waals surface area contributed by atoms with Gasteiger partial charge in [-0.1, -0.05) is 0 Å². The van der Waals surface area contributed by atoms with Gasteiger partial charge in [0.25, 0.3) is 6.43 Å². The van der Waals surface area contributed by atoms with E-state index < -0.39 is 16.4 Å². The van der Waals surface area contributed by atoms with Crippen LogP contribution in [0.1, 0.15) is 24.8 Å². The average molecular weight is 475 g/mol. The Labute approximate surface area is 168 Å². The monoisotopic (exact) mass is 474 g/mol. The summed E-state index contributed by atoms with van der Waals surface area (Å²) in [6, 6.07) is 1.38. The van der Waals surface area contributed by atoms with Gasteiger partial charge >= 0.3 is 0 Å². The van der Waals surface area contributed by atoms with Crippen LogP contribution in [-0.4, -0.2) is 57.5 Å². The number of fused-ring (bicyclic) bond motifs is 3. The van der Waals surface area contributed by atoms with Crippen LogP contribution >= 0.6 is 15.9 Å². The van der Waals surface area contributed by atoms with Crippen molar-refractivity contribution in [3.8, 4) is 0 Å².